The molecule has 0 nitrogen and oxygen atoms in total. The van der Waals surface area contributed by atoms with Gasteiger partial charge in [-0.3, -0.25) is 0 Å². The third-order valence-electron chi connectivity index (χ3n) is 5.19. The zero-order valence-electron chi connectivity index (χ0n) is 7.45. The first kappa shape index (κ1) is 6.23. The van der Waals surface area contributed by atoms with Gasteiger partial charge in [0, 0.05) is 0 Å². The molecule has 0 heterocycles. The first-order chi connectivity index (χ1) is 5.93. The average molecular weight is 160 g/mol. The van der Waals surface area contributed by atoms with E-state index in [1.54, 1.807) is 19.3 Å². The molecule has 0 unspecified atom stereocenters. The van der Waals surface area contributed by atoms with Gasteiger partial charge in [0.05, 0.1) is 0 Å². The Morgan fingerprint density at radius 1 is 0.750 bits per heavy atom. The standard InChI is InChI=1S/C12H16/c1-2-8-5-7(1)11-9-3-4-10(6-9)12(8)11/h1-2,7-12H,3-6H2/t7-,8+,9+,10-,11+,12-. The first-order valence-electron chi connectivity index (χ1n) is 5.62. The molecule has 4 aliphatic carbocycles. The van der Waals surface area contributed by atoms with Crippen LogP contribution in [0.4, 0.5) is 0 Å². The van der Waals surface area contributed by atoms with E-state index >= 15 is 0 Å². The van der Waals surface area contributed by atoms with Gasteiger partial charge in [-0.2, -0.15) is 0 Å². The van der Waals surface area contributed by atoms with Crippen molar-refractivity contribution in [2.45, 2.75) is 25.7 Å². The zero-order valence-corrected chi connectivity index (χ0v) is 7.45. The molecule has 12 heavy (non-hydrogen) atoms. The van der Waals surface area contributed by atoms with Gasteiger partial charge in [-0.1, -0.05) is 12.2 Å². The molecule has 0 heteroatoms. The Kier molecular flexibility index (Phi) is 0.939. The normalized spacial score (nSPS) is 64.7. The molecule has 4 bridgehead atoms. The molecule has 0 aromatic rings. The van der Waals surface area contributed by atoms with Gasteiger partial charge in [0.1, 0.15) is 0 Å². The van der Waals surface area contributed by atoms with Crippen LogP contribution in [0.25, 0.3) is 0 Å². The van der Waals surface area contributed by atoms with Crippen LogP contribution in [0.1, 0.15) is 25.7 Å². The van der Waals surface area contributed by atoms with E-state index in [0.717, 1.165) is 35.5 Å². The van der Waals surface area contributed by atoms with Crippen molar-refractivity contribution in [1.29, 1.82) is 0 Å². The second-order valence-corrected chi connectivity index (χ2v) is 5.44. The van der Waals surface area contributed by atoms with E-state index in [1.807, 2.05) is 0 Å². The van der Waals surface area contributed by atoms with Crippen LogP contribution in [0, 0.1) is 35.5 Å². The summed E-state index contributed by atoms with van der Waals surface area (Å²) in [6.45, 7) is 0. The van der Waals surface area contributed by atoms with Crippen molar-refractivity contribution in [2.24, 2.45) is 35.5 Å². The third-order valence-corrected chi connectivity index (χ3v) is 5.19. The molecular formula is C12H16. The number of fused-ring (bicyclic) bond motifs is 9. The summed E-state index contributed by atoms with van der Waals surface area (Å²) in [7, 11) is 0. The molecule has 4 rings (SSSR count). The third kappa shape index (κ3) is 0.522. The molecular weight excluding hydrogens is 144 g/mol. The van der Waals surface area contributed by atoms with Gasteiger partial charge in [0.25, 0.3) is 0 Å². The molecule has 3 fully saturated rings. The summed E-state index contributed by atoms with van der Waals surface area (Å²) in [5.74, 6) is 6.66. The zero-order chi connectivity index (χ0) is 7.71. The number of allylic oxidation sites excluding steroid dienone is 2. The fourth-order valence-electron chi connectivity index (χ4n) is 4.98. The monoisotopic (exact) mass is 160 g/mol. The summed E-state index contributed by atoms with van der Waals surface area (Å²) >= 11 is 0. The highest BCUT2D eigenvalue weighted by Gasteiger charge is 2.57. The molecule has 4 aliphatic rings. The van der Waals surface area contributed by atoms with Gasteiger partial charge in [-0.05, 0) is 61.2 Å². The van der Waals surface area contributed by atoms with Crippen molar-refractivity contribution in [1.82, 2.24) is 0 Å². The molecule has 0 aromatic carbocycles. The van der Waals surface area contributed by atoms with E-state index < -0.39 is 0 Å². The highest BCUT2D eigenvalue weighted by molar-refractivity contribution is 5.19. The second-order valence-electron chi connectivity index (χ2n) is 5.44. The summed E-state index contributed by atoms with van der Waals surface area (Å²) in [6.07, 6.45) is 11.3. The summed E-state index contributed by atoms with van der Waals surface area (Å²) in [5, 5.41) is 0. The van der Waals surface area contributed by atoms with Crippen LogP contribution in [0.3, 0.4) is 0 Å². The van der Waals surface area contributed by atoms with E-state index in [9.17, 15) is 0 Å². The fourth-order valence-corrected chi connectivity index (χ4v) is 4.98. The van der Waals surface area contributed by atoms with E-state index in [-0.39, 0.29) is 0 Å². The maximum absolute atomic E-state index is 2.53. The molecule has 0 saturated heterocycles. The largest absolute Gasteiger partial charge is 0.0848 e. The topological polar surface area (TPSA) is 0 Å². The molecule has 0 radical (unpaired) electrons. The van der Waals surface area contributed by atoms with Crippen LogP contribution in [0.5, 0.6) is 0 Å². The maximum Gasteiger partial charge on any atom is -0.0194 e. The van der Waals surface area contributed by atoms with Crippen LogP contribution in [0.2, 0.25) is 0 Å². The lowest BCUT2D eigenvalue weighted by atomic mass is 9.73. The van der Waals surface area contributed by atoms with Gasteiger partial charge in [0.2, 0.25) is 0 Å². The van der Waals surface area contributed by atoms with Crippen LogP contribution in [-0.2, 0) is 0 Å². The van der Waals surface area contributed by atoms with Crippen molar-refractivity contribution < 1.29 is 0 Å². The Balaban J connectivity index is 1.82. The molecule has 3 saturated carbocycles. The molecule has 0 aromatic heterocycles. The summed E-state index contributed by atoms with van der Waals surface area (Å²) in [5.41, 5.74) is 0. The lowest BCUT2D eigenvalue weighted by Gasteiger charge is -2.31. The van der Waals surface area contributed by atoms with Crippen LogP contribution in [-0.4, -0.2) is 0 Å². The molecule has 64 valence electrons. The van der Waals surface area contributed by atoms with Gasteiger partial charge in [0.15, 0.2) is 0 Å². The highest BCUT2D eigenvalue weighted by atomic mass is 14.6. The Bertz CT molecular complexity index is 229. The minimum atomic E-state index is 1.02. The van der Waals surface area contributed by atoms with E-state index in [0.29, 0.717) is 0 Å². The van der Waals surface area contributed by atoms with Gasteiger partial charge < -0.3 is 0 Å². The lowest BCUT2D eigenvalue weighted by Crippen LogP contribution is -2.25. The molecule has 0 N–H and O–H groups in total. The Morgan fingerprint density at radius 2 is 1.33 bits per heavy atom. The smallest absolute Gasteiger partial charge is 0.0194 e. The fraction of sp³-hybridized carbons (Fsp3) is 0.833. The minimum Gasteiger partial charge on any atom is -0.0848 e. The Hall–Kier alpha value is -0.260. The number of rotatable bonds is 0. The van der Waals surface area contributed by atoms with Crippen LogP contribution in [0.15, 0.2) is 12.2 Å². The van der Waals surface area contributed by atoms with Gasteiger partial charge in [-0.25, -0.2) is 0 Å². The highest BCUT2D eigenvalue weighted by Crippen LogP contribution is 2.65. The first-order valence-corrected chi connectivity index (χ1v) is 5.62. The number of hydrogen-bond donors (Lipinski definition) is 0. The minimum absolute atomic E-state index is 1.02. The molecule has 0 spiro atoms. The van der Waals surface area contributed by atoms with Crippen molar-refractivity contribution in [3.63, 3.8) is 0 Å². The summed E-state index contributed by atoms with van der Waals surface area (Å²) < 4.78 is 0. The van der Waals surface area contributed by atoms with Crippen molar-refractivity contribution in [3.05, 3.63) is 12.2 Å². The van der Waals surface area contributed by atoms with Crippen molar-refractivity contribution >= 4 is 0 Å². The Morgan fingerprint density at radius 3 is 1.92 bits per heavy atom. The molecule has 0 amide bonds. The second kappa shape index (κ2) is 1.81. The maximum atomic E-state index is 2.53. The molecule has 6 atom stereocenters. The van der Waals surface area contributed by atoms with Crippen LogP contribution < -0.4 is 0 Å². The predicted molar refractivity (Wildman–Crippen MR) is 48.5 cm³/mol. The van der Waals surface area contributed by atoms with Gasteiger partial charge in [-0.15, -0.1) is 0 Å². The average Bonchev–Trinajstić information content (AvgIpc) is 2.83. The van der Waals surface area contributed by atoms with E-state index in [1.165, 1.54) is 6.42 Å². The SMILES string of the molecule is C1=C[C@H]2C[C@@H]1[C@H]1[C@H]3CC[C@H](C3)[C@H]12. The number of hydrogen-bond acceptors (Lipinski definition) is 0. The quantitative estimate of drug-likeness (QED) is 0.377. The van der Waals surface area contributed by atoms with E-state index in [4.69, 9.17) is 0 Å². The van der Waals surface area contributed by atoms with Crippen LogP contribution >= 0.6 is 0 Å². The van der Waals surface area contributed by atoms with E-state index in [2.05, 4.69) is 12.2 Å². The molecule has 0 aliphatic heterocycles. The lowest BCUT2D eigenvalue weighted by molar-refractivity contribution is 0.206. The Labute approximate surface area is 74.0 Å². The van der Waals surface area contributed by atoms with Crippen molar-refractivity contribution in [2.75, 3.05) is 0 Å². The summed E-state index contributed by atoms with van der Waals surface area (Å²) in [4.78, 5) is 0. The van der Waals surface area contributed by atoms with Crippen molar-refractivity contribution in [3.8, 4) is 0 Å². The predicted octanol–water partition coefficient (Wildman–Crippen LogP) is 2.85. The van der Waals surface area contributed by atoms with Gasteiger partial charge >= 0.3 is 0 Å². The summed E-state index contributed by atoms with van der Waals surface area (Å²) in [6, 6.07) is 0.